The maximum Gasteiger partial charge on any atom is 0.255 e. The lowest BCUT2D eigenvalue weighted by Gasteiger charge is -2.09. The summed E-state index contributed by atoms with van der Waals surface area (Å²) in [6.45, 7) is 1.81. The molecule has 0 aromatic heterocycles. The monoisotopic (exact) mass is 254 g/mol. The molecule has 0 fully saturated rings. The molecule has 0 bridgehead atoms. The molecule has 3 nitrogen and oxygen atoms in total. The van der Waals surface area contributed by atoms with Crippen LogP contribution in [0.25, 0.3) is 0 Å². The van der Waals surface area contributed by atoms with Gasteiger partial charge in [-0.2, -0.15) is 5.26 Å². The number of carbonyl (C=O) groups excluding carboxylic acids is 1. The van der Waals surface area contributed by atoms with Gasteiger partial charge in [0, 0.05) is 5.56 Å². The van der Waals surface area contributed by atoms with Gasteiger partial charge < -0.3 is 5.32 Å². The normalized spacial score (nSPS) is 9.74. The second kappa shape index (κ2) is 5.32. The standard InChI is InChI=1S/C15H11FN2O/c1-10-5-2-3-6-11(10)15(19)18-14-8-4-7-13(16)12(14)9-17/h2-8H,1H3,(H,18,19). The third-order valence-corrected chi connectivity index (χ3v) is 2.76. The Kier molecular flexibility index (Phi) is 3.58. The Morgan fingerprint density at radius 2 is 1.95 bits per heavy atom. The van der Waals surface area contributed by atoms with Crippen molar-refractivity contribution in [2.75, 3.05) is 5.32 Å². The van der Waals surface area contributed by atoms with Crippen LogP contribution in [-0.4, -0.2) is 5.91 Å². The number of amides is 1. The van der Waals surface area contributed by atoms with E-state index in [9.17, 15) is 9.18 Å². The summed E-state index contributed by atoms with van der Waals surface area (Å²) in [5.74, 6) is -1.01. The number of nitrogens with zero attached hydrogens (tertiary/aromatic N) is 1. The van der Waals surface area contributed by atoms with Crippen LogP contribution in [0.4, 0.5) is 10.1 Å². The predicted octanol–water partition coefficient (Wildman–Crippen LogP) is 3.26. The molecule has 0 saturated carbocycles. The van der Waals surface area contributed by atoms with Crippen LogP contribution in [-0.2, 0) is 0 Å². The van der Waals surface area contributed by atoms with E-state index in [4.69, 9.17) is 5.26 Å². The molecular weight excluding hydrogens is 243 g/mol. The Labute approximate surface area is 110 Å². The van der Waals surface area contributed by atoms with Crippen molar-refractivity contribution in [3.8, 4) is 6.07 Å². The van der Waals surface area contributed by atoms with Gasteiger partial charge in [-0.3, -0.25) is 4.79 Å². The van der Waals surface area contributed by atoms with E-state index in [0.717, 1.165) is 5.56 Å². The van der Waals surface area contributed by atoms with Crippen LogP contribution < -0.4 is 5.32 Å². The van der Waals surface area contributed by atoms with Gasteiger partial charge >= 0.3 is 0 Å². The number of halogens is 1. The van der Waals surface area contributed by atoms with Gasteiger partial charge in [0.15, 0.2) is 0 Å². The van der Waals surface area contributed by atoms with Gasteiger partial charge in [-0.25, -0.2) is 4.39 Å². The fourth-order valence-corrected chi connectivity index (χ4v) is 1.76. The molecule has 2 aromatic carbocycles. The molecule has 19 heavy (non-hydrogen) atoms. The summed E-state index contributed by atoms with van der Waals surface area (Å²) in [6, 6.07) is 12.9. The van der Waals surface area contributed by atoms with Crippen molar-refractivity contribution >= 4 is 11.6 Å². The van der Waals surface area contributed by atoms with Crippen LogP contribution in [0.15, 0.2) is 42.5 Å². The molecule has 0 atom stereocenters. The van der Waals surface area contributed by atoms with Crippen LogP contribution in [0.1, 0.15) is 21.5 Å². The summed E-state index contributed by atoms with van der Waals surface area (Å²) in [7, 11) is 0. The van der Waals surface area contributed by atoms with E-state index in [1.54, 1.807) is 18.2 Å². The van der Waals surface area contributed by atoms with Gasteiger partial charge in [0.25, 0.3) is 5.91 Å². The molecular formula is C15H11FN2O. The highest BCUT2D eigenvalue weighted by atomic mass is 19.1. The first kappa shape index (κ1) is 12.8. The first-order valence-corrected chi connectivity index (χ1v) is 5.69. The fraction of sp³-hybridized carbons (Fsp3) is 0.0667. The number of hydrogen-bond acceptors (Lipinski definition) is 2. The van der Waals surface area contributed by atoms with Crippen LogP contribution in [0, 0.1) is 24.1 Å². The Balaban J connectivity index is 2.33. The minimum absolute atomic E-state index is 0.163. The number of nitrogens with one attached hydrogen (secondary N) is 1. The van der Waals surface area contributed by atoms with Crippen molar-refractivity contribution in [2.45, 2.75) is 6.92 Å². The van der Waals surface area contributed by atoms with Crippen LogP contribution in [0.5, 0.6) is 0 Å². The molecule has 0 spiro atoms. The van der Waals surface area contributed by atoms with Crippen LogP contribution >= 0.6 is 0 Å². The highest BCUT2D eigenvalue weighted by molar-refractivity contribution is 6.05. The summed E-state index contributed by atoms with van der Waals surface area (Å²) in [5, 5.41) is 11.5. The Morgan fingerprint density at radius 3 is 2.63 bits per heavy atom. The molecule has 1 amide bonds. The zero-order valence-corrected chi connectivity index (χ0v) is 10.3. The number of carbonyl (C=O) groups is 1. The second-order valence-corrected chi connectivity index (χ2v) is 4.04. The van der Waals surface area contributed by atoms with Crippen molar-refractivity contribution < 1.29 is 9.18 Å². The van der Waals surface area contributed by atoms with Crippen molar-refractivity contribution in [3.63, 3.8) is 0 Å². The third-order valence-electron chi connectivity index (χ3n) is 2.76. The van der Waals surface area contributed by atoms with Crippen molar-refractivity contribution in [2.24, 2.45) is 0 Å². The highest BCUT2D eigenvalue weighted by Crippen LogP contribution is 2.19. The smallest absolute Gasteiger partial charge is 0.255 e. The largest absolute Gasteiger partial charge is 0.321 e. The van der Waals surface area contributed by atoms with E-state index in [-0.39, 0.29) is 17.2 Å². The predicted molar refractivity (Wildman–Crippen MR) is 70.2 cm³/mol. The highest BCUT2D eigenvalue weighted by Gasteiger charge is 2.13. The number of anilines is 1. The minimum atomic E-state index is -0.648. The summed E-state index contributed by atoms with van der Waals surface area (Å²) < 4.78 is 13.4. The lowest BCUT2D eigenvalue weighted by Crippen LogP contribution is -2.14. The Morgan fingerprint density at radius 1 is 1.21 bits per heavy atom. The first-order chi connectivity index (χ1) is 9.13. The zero-order valence-electron chi connectivity index (χ0n) is 10.3. The third kappa shape index (κ3) is 2.61. The molecule has 0 aliphatic heterocycles. The minimum Gasteiger partial charge on any atom is -0.321 e. The first-order valence-electron chi connectivity index (χ1n) is 5.69. The maximum atomic E-state index is 13.4. The van der Waals surface area contributed by atoms with Gasteiger partial charge in [0.2, 0.25) is 0 Å². The SMILES string of the molecule is Cc1ccccc1C(=O)Nc1cccc(F)c1C#N. The van der Waals surface area contributed by atoms with E-state index < -0.39 is 5.82 Å². The number of benzene rings is 2. The number of aryl methyl sites for hydroxylation is 1. The summed E-state index contributed by atoms with van der Waals surface area (Å²) in [6.07, 6.45) is 0. The fourth-order valence-electron chi connectivity index (χ4n) is 1.76. The zero-order chi connectivity index (χ0) is 13.8. The van der Waals surface area contributed by atoms with E-state index in [1.165, 1.54) is 18.2 Å². The molecule has 94 valence electrons. The molecule has 1 N–H and O–H groups in total. The van der Waals surface area contributed by atoms with Gasteiger partial charge in [-0.05, 0) is 30.7 Å². The van der Waals surface area contributed by atoms with Crippen molar-refractivity contribution in [3.05, 3.63) is 65.0 Å². The number of rotatable bonds is 2. The molecule has 0 unspecified atom stereocenters. The summed E-state index contributed by atoms with van der Waals surface area (Å²) in [5.41, 5.74) is 1.32. The lowest BCUT2D eigenvalue weighted by atomic mass is 10.1. The van der Waals surface area contributed by atoms with Crippen LogP contribution in [0.3, 0.4) is 0 Å². The average Bonchev–Trinajstić information content (AvgIpc) is 2.39. The molecule has 0 saturated heterocycles. The molecule has 0 aliphatic rings. The quantitative estimate of drug-likeness (QED) is 0.894. The Bertz CT molecular complexity index is 674. The maximum absolute atomic E-state index is 13.4. The second-order valence-electron chi connectivity index (χ2n) is 4.04. The van der Waals surface area contributed by atoms with E-state index >= 15 is 0 Å². The molecule has 4 heteroatoms. The van der Waals surface area contributed by atoms with Gasteiger partial charge in [-0.15, -0.1) is 0 Å². The molecule has 2 rings (SSSR count). The van der Waals surface area contributed by atoms with Gasteiger partial charge in [-0.1, -0.05) is 24.3 Å². The topological polar surface area (TPSA) is 52.9 Å². The number of nitriles is 1. The molecule has 0 radical (unpaired) electrons. The lowest BCUT2D eigenvalue weighted by molar-refractivity contribution is 0.102. The molecule has 2 aromatic rings. The average molecular weight is 254 g/mol. The molecule has 0 heterocycles. The Hall–Kier alpha value is -2.67. The van der Waals surface area contributed by atoms with Gasteiger partial charge in [0.1, 0.15) is 17.4 Å². The van der Waals surface area contributed by atoms with Crippen molar-refractivity contribution in [1.82, 2.24) is 0 Å². The number of hydrogen-bond donors (Lipinski definition) is 1. The van der Waals surface area contributed by atoms with Crippen molar-refractivity contribution in [1.29, 1.82) is 5.26 Å². The van der Waals surface area contributed by atoms with E-state index in [0.29, 0.717) is 5.56 Å². The van der Waals surface area contributed by atoms with E-state index in [2.05, 4.69) is 5.32 Å². The summed E-state index contributed by atoms with van der Waals surface area (Å²) >= 11 is 0. The van der Waals surface area contributed by atoms with Crippen LogP contribution in [0.2, 0.25) is 0 Å². The molecule has 0 aliphatic carbocycles. The summed E-state index contributed by atoms with van der Waals surface area (Å²) in [4.78, 5) is 12.1. The van der Waals surface area contributed by atoms with E-state index in [1.807, 2.05) is 19.1 Å². The van der Waals surface area contributed by atoms with Gasteiger partial charge in [0.05, 0.1) is 5.69 Å².